The summed E-state index contributed by atoms with van der Waals surface area (Å²) in [4.78, 5) is 8.04. The quantitative estimate of drug-likeness (QED) is 0.655. The maximum Gasteiger partial charge on any atom is 0.0701 e. The van der Waals surface area contributed by atoms with E-state index in [4.69, 9.17) is 0 Å². The second kappa shape index (κ2) is 3.83. The number of hydrogen-bond acceptors (Lipinski definition) is 2. The molecule has 0 aliphatic rings. The third-order valence-corrected chi connectivity index (χ3v) is 2.05. The summed E-state index contributed by atoms with van der Waals surface area (Å²) in [7, 11) is 0. The molecule has 14 heavy (non-hydrogen) atoms. The van der Waals surface area contributed by atoms with Gasteiger partial charge in [-0.2, -0.15) is 0 Å². The molecule has 2 heteroatoms. The summed E-state index contributed by atoms with van der Waals surface area (Å²) in [5.41, 5.74) is 3.02. The fraction of sp³-hybridized carbons (Fsp3) is 0. The van der Waals surface area contributed by atoms with Gasteiger partial charge in [-0.3, -0.25) is 9.98 Å². The van der Waals surface area contributed by atoms with Crippen LogP contribution in [0, 0.1) is 0 Å². The highest BCUT2D eigenvalue weighted by Gasteiger charge is 2.01. The van der Waals surface area contributed by atoms with Crippen LogP contribution in [0.2, 0.25) is 0 Å². The molecule has 0 N–H and O–H groups in total. The number of aliphatic imine (C=N–C) groups is 1. The molecule has 1 aromatic heterocycles. The minimum Gasteiger partial charge on any atom is -0.264 e. The van der Waals surface area contributed by atoms with Gasteiger partial charge in [0.1, 0.15) is 0 Å². The van der Waals surface area contributed by atoms with Crippen LogP contribution in [-0.2, 0) is 0 Å². The van der Waals surface area contributed by atoms with Gasteiger partial charge in [-0.15, -0.1) is 0 Å². The number of benzene rings is 1. The van der Waals surface area contributed by atoms with E-state index in [-0.39, 0.29) is 0 Å². The smallest absolute Gasteiger partial charge is 0.0701 e. The highest BCUT2D eigenvalue weighted by molar-refractivity contribution is 5.76. The van der Waals surface area contributed by atoms with E-state index in [1.54, 1.807) is 6.20 Å². The Labute approximate surface area is 83.0 Å². The van der Waals surface area contributed by atoms with Crippen molar-refractivity contribution in [3.63, 3.8) is 0 Å². The van der Waals surface area contributed by atoms with Crippen molar-refractivity contribution in [2.24, 2.45) is 4.99 Å². The first kappa shape index (κ1) is 8.63. The lowest BCUT2D eigenvalue weighted by atomic mass is 10.1. The van der Waals surface area contributed by atoms with Crippen molar-refractivity contribution >= 4 is 12.4 Å². The fourth-order valence-electron chi connectivity index (χ4n) is 1.38. The zero-order valence-electron chi connectivity index (χ0n) is 7.72. The summed E-state index contributed by atoms with van der Waals surface area (Å²) in [6.45, 7) is 3.55. The highest BCUT2D eigenvalue weighted by Crippen LogP contribution is 2.28. The van der Waals surface area contributed by atoms with E-state index in [1.807, 2.05) is 42.6 Å². The lowest BCUT2D eigenvalue weighted by molar-refractivity contribution is 1.33. The Balaban J connectivity index is 2.57. The van der Waals surface area contributed by atoms with Gasteiger partial charge in [-0.25, -0.2) is 0 Å². The van der Waals surface area contributed by atoms with Gasteiger partial charge in [0.2, 0.25) is 0 Å². The minimum atomic E-state index is 0.889. The maximum absolute atomic E-state index is 4.07. The van der Waals surface area contributed by atoms with Crippen LogP contribution in [0.1, 0.15) is 0 Å². The fourth-order valence-corrected chi connectivity index (χ4v) is 1.38. The molecule has 0 aliphatic heterocycles. The number of nitrogens with zero attached hydrogens (tertiary/aromatic N) is 2. The molecule has 0 atom stereocenters. The van der Waals surface area contributed by atoms with E-state index in [1.165, 1.54) is 0 Å². The lowest BCUT2D eigenvalue weighted by Gasteiger charge is -2.03. The monoisotopic (exact) mass is 182 g/mol. The van der Waals surface area contributed by atoms with E-state index in [0.29, 0.717) is 0 Å². The molecule has 0 saturated carbocycles. The summed E-state index contributed by atoms with van der Waals surface area (Å²) < 4.78 is 0. The van der Waals surface area contributed by atoms with Crippen molar-refractivity contribution < 1.29 is 0 Å². The van der Waals surface area contributed by atoms with Crippen LogP contribution in [0.15, 0.2) is 53.8 Å². The Morgan fingerprint density at radius 2 is 1.93 bits per heavy atom. The van der Waals surface area contributed by atoms with Gasteiger partial charge in [0.25, 0.3) is 0 Å². The molecule has 2 nitrogen and oxygen atoms in total. The summed E-state index contributed by atoms with van der Waals surface area (Å²) in [6.07, 6.45) is 3.58. The molecule has 0 saturated heterocycles. The zero-order valence-corrected chi connectivity index (χ0v) is 7.72. The molecule has 1 heterocycles. The molecule has 68 valence electrons. The average molecular weight is 182 g/mol. The van der Waals surface area contributed by atoms with Crippen LogP contribution >= 0.6 is 0 Å². The number of pyridine rings is 1. The predicted octanol–water partition coefficient (Wildman–Crippen LogP) is 3.08. The molecule has 0 amide bonds. The third kappa shape index (κ3) is 1.55. The van der Waals surface area contributed by atoms with Crippen LogP contribution in [0.3, 0.4) is 0 Å². The predicted molar refractivity (Wildman–Crippen MR) is 58.9 cm³/mol. The first-order valence-corrected chi connectivity index (χ1v) is 4.38. The minimum absolute atomic E-state index is 0.889. The SMILES string of the molecule is C=Nc1ccccc1-c1cccnc1. The first-order valence-electron chi connectivity index (χ1n) is 4.38. The molecule has 0 spiro atoms. The van der Waals surface area contributed by atoms with Gasteiger partial charge in [0.05, 0.1) is 5.69 Å². The van der Waals surface area contributed by atoms with Crippen molar-refractivity contribution in [1.82, 2.24) is 4.98 Å². The Hall–Kier alpha value is -1.96. The Morgan fingerprint density at radius 1 is 1.07 bits per heavy atom. The van der Waals surface area contributed by atoms with Crippen molar-refractivity contribution in [3.05, 3.63) is 48.8 Å². The van der Waals surface area contributed by atoms with Gasteiger partial charge in [0.15, 0.2) is 0 Å². The summed E-state index contributed by atoms with van der Waals surface area (Å²) in [5.74, 6) is 0. The topological polar surface area (TPSA) is 25.2 Å². The van der Waals surface area contributed by atoms with Crippen LogP contribution in [0.4, 0.5) is 5.69 Å². The first-order chi connectivity index (χ1) is 6.92. The van der Waals surface area contributed by atoms with Crippen molar-refractivity contribution in [2.45, 2.75) is 0 Å². The van der Waals surface area contributed by atoms with Crippen LogP contribution in [0.25, 0.3) is 11.1 Å². The molecule has 2 rings (SSSR count). The van der Waals surface area contributed by atoms with Gasteiger partial charge >= 0.3 is 0 Å². The molecule has 0 radical (unpaired) electrons. The molecular formula is C12H10N2. The molecular weight excluding hydrogens is 172 g/mol. The van der Waals surface area contributed by atoms with Gasteiger partial charge in [0, 0.05) is 23.5 Å². The lowest BCUT2D eigenvalue weighted by Crippen LogP contribution is -1.79. The van der Waals surface area contributed by atoms with E-state index in [2.05, 4.69) is 16.7 Å². The van der Waals surface area contributed by atoms with E-state index in [9.17, 15) is 0 Å². The van der Waals surface area contributed by atoms with Gasteiger partial charge in [-0.05, 0) is 18.9 Å². The Kier molecular flexibility index (Phi) is 2.36. The second-order valence-corrected chi connectivity index (χ2v) is 2.92. The Morgan fingerprint density at radius 3 is 2.64 bits per heavy atom. The van der Waals surface area contributed by atoms with E-state index in [0.717, 1.165) is 16.8 Å². The molecule has 0 aliphatic carbocycles. The third-order valence-electron chi connectivity index (χ3n) is 2.05. The molecule has 0 unspecified atom stereocenters. The van der Waals surface area contributed by atoms with Crippen LogP contribution in [-0.4, -0.2) is 11.7 Å². The normalized spacial score (nSPS) is 9.71. The zero-order chi connectivity index (χ0) is 9.80. The number of hydrogen-bond donors (Lipinski definition) is 0. The van der Waals surface area contributed by atoms with Crippen molar-refractivity contribution in [3.8, 4) is 11.1 Å². The number of aromatic nitrogens is 1. The van der Waals surface area contributed by atoms with Crippen molar-refractivity contribution in [2.75, 3.05) is 0 Å². The van der Waals surface area contributed by atoms with Gasteiger partial charge < -0.3 is 0 Å². The van der Waals surface area contributed by atoms with Crippen LogP contribution in [0.5, 0.6) is 0 Å². The summed E-state index contributed by atoms with van der Waals surface area (Å²) in [6, 6.07) is 11.8. The molecule has 2 aromatic rings. The molecule has 0 fully saturated rings. The molecule has 1 aromatic carbocycles. The average Bonchev–Trinajstić information content (AvgIpc) is 2.30. The standard InChI is InChI=1S/C12H10N2/c1-13-12-7-3-2-6-11(12)10-5-4-8-14-9-10/h2-9H,1H2. The maximum atomic E-state index is 4.07. The van der Waals surface area contributed by atoms with Crippen molar-refractivity contribution in [1.29, 1.82) is 0 Å². The van der Waals surface area contributed by atoms with Gasteiger partial charge in [-0.1, -0.05) is 24.3 Å². The van der Waals surface area contributed by atoms with Crippen LogP contribution < -0.4 is 0 Å². The number of rotatable bonds is 2. The highest BCUT2D eigenvalue weighted by atomic mass is 14.7. The summed E-state index contributed by atoms with van der Waals surface area (Å²) in [5, 5.41) is 0. The molecule has 0 bridgehead atoms. The van der Waals surface area contributed by atoms with E-state index < -0.39 is 0 Å². The largest absolute Gasteiger partial charge is 0.264 e. The van der Waals surface area contributed by atoms with E-state index >= 15 is 0 Å². The number of para-hydroxylation sites is 1. The second-order valence-electron chi connectivity index (χ2n) is 2.92. The summed E-state index contributed by atoms with van der Waals surface area (Å²) >= 11 is 0. The Bertz CT molecular complexity index is 435.